The van der Waals surface area contributed by atoms with E-state index in [2.05, 4.69) is 10.1 Å². The molecule has 4 N–H and O–H groups in total. The molecule has 0 atom stereocenters. The number of hydrogen-bond donors (Lipinski definition) is 2. The number of rotatable bonds is 3. The molecule has 2 rings (SSSR count). The summed E-state index contributed by atoms with van der Waals surface area (Å²) in [5, 5.41) is 4.15. The van der Waals surface area contributed by atoms with Gasteiger partial charge in [-0.25, -0.2) is 9.67 Å². The minimum atomic E-state index is 0.101. The van der Waals surface area contributed by atoms with Crippen LogP contribution in [0.15, 0.2) is 47.7 Å². The molecular weight excluding hydrogens is 202 g/mol. The van der Waals surface area contributed by atoms with Gasteiger partial charge in [0.1, 0.15) is 0 Å². The van der Waals surface area contributed by atoms with Gasteiger partial charge in [-0.1, -0.05) is 12.1 Å². The molecule has 0 fully saturated rings. The second kappa shape index (κ2) is 4.48. The van der Waals surface area contributed by atoms with E-state index in [1.807, 2.05) is 36.5 Å². The highest BCUT2D eigenvalue weighted by Gasteiger charge is 1.97. The van der Waals surface area contributed by atoms with Gasteiger partial charge < -0.3 is 11.5 Å². The van der Waals surface area contributed by atoms with Crippen LogP contribution in [0.1, 0.15) is 5.56 Å². The molecule has 0 saturated heterocycles. The maximum atomic E-state index is 5.28. The van der Waals surface area contributed by atoms with Crippen molar-refractivity contribution in [2.75, 3.05) is 0 Å². The quantitative estimate of drug-likeness (QED) is 0.582. The summed E-state index contributed by atoms with van der Waals surface area (Å²) in [6.07, 6.45) is 3.63. The zero-order chi connectivity index (χ0) is 11.4. The Bertz CT molecular complexity index is 483. The molecule has 5 heteroatoms. The van der Waals surface area contributed by atoms with Crippen LogP contribution in [0.5, 0.6) is 0 Å². The summed E-state index contributed by atoms with van der Waals surface area (Å²) in [6.45, 7) is 0.484. The van der Waals surface area contributed by atoms with Crippen molar-refractivity contribution in [2.45, 2.75) is 6.54 Å². The first kappa shape index (κ1) is 10.2. The minimum Gasteiger partial charge on any atom is -0.370 e. The van der Waals surface area contributed by atoms with Crippen molar-refractivity contribution in [3.8, 4) is 5.69 Å². The van der Waals surface area contributed by atoms with E-state index < -0.39 is 0 Å². The molecule has 0 aliphatic heterocycles. The topological polar surface area (TPSA) is 82.2 Å². The van der Waals surface area contributed by atoms with Crippen molar-refractivity contribution in [3.05, 3.63) is 48.3 Å². The Balaban J connectivity index is 2.23. The monoisotopic (exact) mass is 215 g/mol. The number of nitrogens with two attached hydrogens (primary N) is 2. The molecule has 0 saturated carbocycles. The van der Waals surface area contributed by atoms with Crippen LogP contribution in [-0.2, 0) is 6.54 Å². The number of guanidine groups is 1. The van der Waals surface area contributed by atoms with Crippen molar-refractivity contribution < 1.29 is 0 Å². The average molecular weight is 215 g/mol. The highest BCUT2D eigenvalue weighted by molar-refractivity contribution is 5.75. The molecule has 0 amide bonds. The van der Waals surface area contributed by atoms with Crippen LogP contribution in [0.2, 0.25) is 0 Å². The second-order valence-corrected chi connectivity index (χ2v) is 3.36. The van der Waals surface area contributed by atoms with Crippen molar-refractivity contribution in [3.63, 3.8) is 0 Å². The van der Waals surface area contributed by atoms with Crippen LogP contribution < -0.4 is 11.5 Å². The van der Waals surface area contributed by atoms with Crippen LogP contribution in [0, 0.1) is 0 Å². The second-order valence-electron chi connectivity index (χ2n) is 3.36. The predicted octanol–water partition coefficient (Wildman–Crippen LogP) is 0.646. The van der Waals surface area contributed by atoms with Crippen LogP contribution in [0.3, 0.4) is 0 Å². The molecule has 1 aromatic heterocycles. The molecule has 16 heavy (non-hydrogen) atoms. The smallest absolute Gasteiger partial charge is 0.186 e. The summed E-state index contributed by atoms with van der Waals surface area (Å²) in [5.74, 6) is 0.101. The highest BCUT2D eigenvalue weighted by atomic mass is 15.3. The maximum absolute atomic E-state index is 5.28. The lowest BCUT2D eigenvalue weighted by molar-refractivity contribution is 0.876. The number of benzene rings is 1. The van der Waals surface area contributed by atoms with Gasteiger partial charge >= 0.3 is 0 Å². The molecule has 0 radical (unpaired) electrons. The van der Waals surface area contributed by atoms with Gasteiger partial charge in [0.05, 0.1) is 12.2 Å². The van der Waals surface area contributed by atoms with Gasteiger partial charge in [-0.05, 0) is 23.8 Å². The first-order valence-electron chi connectivity index (χ1n) is 4.90. The average Bonchev–Trinajstić information content (AvgIpc) is 2.80. The molecule has 1 heterocycles. The normalized spacial score (nSPS) is 10.0. The van der Waals surface area contributed by atoms with E-state index in [1.165, 1.54) is 0 Å². The fourth-order valence-electron chi connectivity index (χ4n) is 1.40. The van der Waals surface area contributed by atoms with Gasteiger partial charge in [-0.15, -0.1) is 0 Å². The lowest BCUT2D eigenvalue weighted by Crippen LogP contribution is -2.22. The molecular formula is C11H13N5. The van der Waals surface area contributed by atoms with E-state index in [4.69, 9.17) is 11.5 Å². The zero-order valence-electron chi connectivity index (χ0n) is 8.74. The summed E-state index contributed by atoms with van der Waals surface area (Å²) in [7, 11) is 0. The molecule has 0 aliphatic carbocycles. The number of aliphatic imine (C=N–C) groups is 1. The van der Waals surface area contributed by atoms with Crippen LogP contribution >= 0.6 is 0 Å². The molecule has 82 valence electrons. The summed E-state index contributed by atoms with van der Waals surface area (Å²) in [4.78, 5) is 3.96. The van der Waals surface area contributed by atoms with E-state index in [0.717, 1.165) is 11.3 Å². The highest BCUT2D eigenvalue weighted by Crippen LogP contribution is 2.10. The van der Waals surface area contributed by atoms with Gasteiger partial charge in [-0.3, -0.25) is 0 Å². The SMILES string of the molecule is NC(N)=NCc1cccc(-n2cccn2)c1. The Kier molecular flexibility index (Phi) is 2.86. The Labute approximate surface area is 93.4 Å². The first-order valence-corrected chi connectivity index (χ1v) is 4.90. The molecule has 0 aliphatic rings. The zero-order valence-corrected chi connectivity index (χ0v) is 8.74. The maximum Gasteiger partial charge on any atom is 0.186 e. The van der Waals surface area contributed by atoms with E-state index in [1.54, 1.807) is 10.9 Å². The Morgan fingerprint density at radius 3 is 2.88 bits per heavy atom. The molecule has 5 nitrogen and oxygen atoms in total. The molecule has 1 aromatic carbocycles. The Morgan fingerprint density at radius 1 is 1.31 bits per heavy atom. The largest absolute Gasteiger partial charge is 0.370 e. The van der Waals surface area contributed by atoms with E-state index >= 15 is 0 Å². The third-order valence-electron chi connectivity index (χ3n) is 2.12. The van der Waals surface area contributed by atoms with Gasteiger partial charge in [0, 0.05) is 12.4 Å². The Morgan fingerprint density at radius 2 is 2.19 bits per heavy atom. The van der Waals surface area contributed by atoms with Gasteiger partial charge in [0.25, 0.3) is 0 Å². The molecule has 0 spiro atoms. The van der Waals surface area contributed by atoms with Crippen molar-refractivity contribution in [1.29, 1.82) is 0 Å². The number of aromatic nitrogens is 2. The van der Waals surface area contributed by atoms with Crippen molar-refractivity contribution >= 4 is 5.96 Å². The molecule has 0 bridgehead atoms. The molecule has 0 unspecified atom stereocenters. The summed E-state index contributed by atoms with van der Waals surface area (Å²) in [5.41, 5.74) is 12.6. The molecule has 2 aromatic rings. The predicted molar refractivity (Wildman–Crippen MR) is 63.1 cm³/mol. The summed E-state index contributed by atoms with van der Waals surface area (Å²) in [6, 6.07) is 9.78. The summed E-state index contributed by atoms with van der Waals surface area (Å²) >= 11 is 0. The fraction of sp³-hybridized carbons (Fsp3) is 0.0909. The summed E-state index contributed by atoms with van der Waals surface area (Å²) < 4.78 is 1.79. The lowest BCUT2D eigenvalue weighted by Gasteiger charge is -2.03. The third kappa shape index (κ3) is 2.38. The van der Waals surface area contributed by atoms with Crippen molar-refractivity contribution in [1.82, 2.24) is 9.78 Å². The third-order valence-corrected chi connectivity index (χ3v) is 2.12. The number of nitrogens with zero attached hydrogens (tertiary/aromatic N) is 3. The first-order chi connectivity index (χ1) is 7.75. The van der Waals surface area contributed by atoms with Gasteiger partial charge in [-0.2, -0.15) is 5.10 Å². The standard InChI is InChI=1S/C11H13N5/c12-11(13)14-8-9-3-1-4-10(7-9)16-6-2-5-15-16/h1-7H,8H2,(H4,12,13,14). The fourth-order valence-corrected chi connectivity index (χ4v) is 1.40. The Hall–Kier alpha value is -2.30. The van der Waals surface area contributed by atoms with E-state index in [0.29, 0.717) is 6.54 Å². The van der Waals surface area contributed by atoms with Crippen LogP contribution in [0.25, 0.3) is 5.69 Å². The van der Waals surface area contributed by atoms with Gasteiger partial charge in [0.2, 0.25) is 0 Å². The lowest BCUT2D eigenvalue weighted by atomic mass is 10.2. The van der Waals surface area contributed by atoms with Gasteiger partial charge in [0.15, 0.2) is 5.96 Å². The number of hydrogen-bond acceptors (Lipinski definition) is 2. The minimum absolute atomic E-state index is 0.101. The van der Waals surface area contributed by atoms with E-state index in [-0.39, 0.29) is 5.96 Å². The van der Waals surface area contributed by atoms with E-state index in [9.17, 15) is 0 Å². The van der Waals surface area contributed by atoms with Crippen LogP contribution in [-0.4, -0.2) is 15.7 Å². The van der Waals surface area contributed by atoms with Crippen molar-refractivity contribution in [2.24, 2.45) is 16.5 Å². The van der Waals surface area contributed by atoms with Crippen LogP contribution in [0.4, 0.5) is 0 Å².